The fourth-order valence-corrected chi connectivity index (χ4v) is 3.09. The van der Waals surface area contributed by atoms with Crippen molar-refractivity contribution in [1.29, 1.82) is 0 Å². The number of sulfonamides is 1. The fraction of sp³-hybridized carbons (Fsp3) is 0.214. The first-order valence-corrected chi connectivity index (χ1v) is 7.32. The van der Waals surface area contributed by atoms with Crippen molar-refractivity contribution in [2.75, 3.05) is 6.54 Å². The molecule has 0 spiro atoms. The van der Waals surface area contributed by atoms with E-state index in [0.717, 1.165) is 5.56 Å². The van der Waals surface area contributed by atoms with Crippen LogP contribution >= 0.6 is 0 Å². The van der Waals surface area contributed by atoms with Crippen LogP contribution in [0.2, 0.25) is 0 Å². The van der Waals surface area contributed by atoms with Crippen molar-refractivity contribution in [1.82, 2.24) is 9.71 Å². The summed E-state index contributed by atoms with van der Waals surface area (Å²) in [7, 11) is -3.56. The Morgan fingerprint density at radius 1 is 1.37 bits per heavy atom. The monoisotopic (exact) mass is 274 g/mol. The van der Waals surface area contributed by atoms with Gasteiger partial charge in [-0.05, 0) is 30.7 Å². The molecule has 0 bridgehead atoms. The van der Waals surface area contributed by atoms with E-state index in [9.17, 15) is 8.42 Å². The Labute approximate surface area is 112 Å². The number of hydrogen-bond acceptors (Lipinski definition) is 3. The minimum absolute atomic E-state index is 0.231. The van der Waals surface area contributed by atoms with Crippen molar-refractivity contribution in [2.24, 2.45) is 0 Å². The van der Waals surface area contributed by atoms with Crippen molar-refractivity contribution in [3.05, 3.63) is 36.0 Å². The van der Waals surface area contributed by atoms with Gasteiger partial charge in [-0.15, -0.1) is 12.3 Å². The molecule has 1 N–H and O–H groups in total. The third kappa shape index (κ3) is 2.75. The van der Waals surface area contributed by atoms with E-state index in [1.807, 2.05) is 6.92 Å². The predicted octanol–water partition coefficient (Wildman–Crippen LogP) is 1.84. The van der Waals surface area contributed by atoms with Crippen LogP contribution in [0.25, 0.3) is 10.9 Å². The van der Waals surface area contributed by atoms with Crippen molar-refractivity contribution in [2.45, 2.75) is 18.2 Å². The number of benzene rings is 1. The van der Waals surface area contributed by atoms with Crippen molar-refractivity contribution in [3.8, 4) is 12.3 Å². The first-order chi connectivity index (χ1) is 9.06. The second-order valence-corrected chi connectivity index (χ2v) is 5.87. The molecule has 0 aliphatic heterocycles. The molecule has 0 radical (unpaired) electrons. The zero-order valence-corrected chi connectivity index (χ0v) is 11.4. The van der Waals surface area contributed by atoms with Crippen LogP contribution in [0.4, 0.5) is 0 Å². The van der Waals surface area contributed by atoms with Crippen LogP contribution < -0.4 is 4.72 Å². The van der Waals surface area contributed by atoms with Crippen LogP contribution in [0.1, 0.15) is 12.0 Å². The molecule has 98 valence electrons. The van der Waals surface area contributed by atoms with Crippen LogP contribution in [0.3, 0.4) is 0 Å². The molecular formula is C14H14N2O2S. The summed E-state index contributed by atoms with van der Waals surface area (Å²) in [6, 6.07) is 6.83. The summed E-state index contributed by atoms with van der Waals surface area (Å²) in [5.74, 6) is 2.40. The molecule has 1 aromatic heterocycles. The van der Waals surface area contributed by atoms with E-state index in [4.69, 9.17) is 6.42 Å². The van der Waals surface area contributed by atoms with Gasteiger partial charge in [0.05, 0.1) is 10.4 Å². The van der Waals surface area contributed by atoms with E-state index in [1.54, 1.807) is 30.5 Å². The Morgan fingerprint density at radius 2 is 2.16 bits per heavy atom. The molecule has 5 heteroatoms. The maximum atomic E-state index is 12.2. The van der Waals surface area contributed by atoms with Gasteiger partial charge in [0.2, 0.25) is 10.0 Å². The number of hydrogen-bond donors (Lipinski definition) is 1. The van der Waals surface area contributed by atoms with Crippen molar-refractivity contribution in [3.63, 3.8) is 0 Å². The molecular weight excluding hydrogens is 260 g/mol. The summed E-state index contributed by atoms with van der Waals surface area (Å²) in [4.78, 5) is 4.46. The van der Waals surface area contributed by atoms with Gasteiger partial charge in [-0.3, -0.25) is 4.98 Å². The summed E-state index contributed by atoms with van der Waals surface area (Å²) < 4.78 is 26.9. The summed E-state index contributed by atoms with van der Waals surface area (Å²) in [5.41, 5.74) is 1.64. The summed E-state index contributed by atoms with van der Waals surface area (Å²) >= 11 is 0. The molecule has 0 saturated carbocycles. The number of terminal acetylenes is 1. The normalized spacial score (nSPS) is 11.4. The summed E-state index contributed by atoms with van der Waals surface area (Å²) in [6.45, 7) is 2.13. The molecule has 4 nitrogen and oxygen atoms in total. The van der Waals surface area contributed by atoms with Gasteiger partial charge in [-0.25, -0.2) is 13.1 Å². The van der Waals surface area contributed by atoms with Gasteiger partial charge in [0.15, 0.2) is 0 Å². The van der Waals surface area contributed by atoms with Crippen LogP contribution in [0, 0.1) is 19.3 Å². The third-order valence-corrected chi connectivity index (χ3v) is 4.30. The number of nitrogens with one attached hydrogen (secondary N) is 1. The first kappa shape index (κ1) is 13.5. The zero-order valence-electron chi connectivity index (χ0n) is 10.6. The number of nitrogens with zero attached hydrogens (tertiary/aromatic N) is 1. The van der Waals surface area contributed by atoms with E-state index in [1.165, 1.54) is 0 Å². The van der Waals surface area contributed by atoms with Gasteiger partial charge in [-0.2, -0.15) is 0 Å². The summed E-state index contributed by atoms with van der Waals surface area (Å²) in [5, 5.41) is 0.621. The lowest BCUT2D eigenvalue weighted by Gasteiger charge is -2.09. The molecule has 0 amide bonds. The lowest BCUT2D eigenvalue weighted by molar-refractivity contribution is 0.583. The van der Waals surface area contributed by atoms with E-state index in [2.05, 4.69) is 15.6 Å². The molecule has 19 heavy (non-hydrogen) atoms. The first-order valence-electron chi connectivity index (χ1n) is 5.84. The highest BCUT2D eigenvalue weighted by Crippen LogP contribution is 2.23. The maximum absolute atomic E-state index is 12.2. The quantitative estimate of drug-likeness (QED) is 0.683. The second-order valence-electron chi connectivity index (χ2n) is 4.13. The zero-order chi connectivity index (χ0) is 13.9. The predicted molar refractivity (Wildman–Crippen MR) is 75.1 cm³/mol. The lowest BCUT2D eigenvalue weighted by Crippen LogP contribution is -2.24. The van der Waals surface area contributed by atoms with Gasteiger partial charge in [0.1, 0.15) is 0 Å². The minimum atomic E-state index is -3.56. The maximum Gasteiger partial charge on any atom is 0.241 e. The molecule has 0 saturated heterocycles. The number of aromatic nitrogens is 1. The fourth-order valence-electron chi connectivity index (χ4n) is 1.86. The average Bonchev–Trinajstić information content (AvgIpc) is 2.39. The highest BCUT2D eigenvalue weighted by atomic mass is 32.2. The number of rotatable bonds is 4. The van der Waals surface area contributed by atoms with E-state index in [-0.39, 0.29) is 11.4 Å². The Bertz CT molecular complexity index is 746. The molecule has 0 unspecified atom stereocenters. The van der Waals surface area contributed by atoms with E-state index >= 15 is 0 Å². The number of fused-ring (bicyclic) bond motifs is 1. The Balaban J connectivity index is 2.52. The smallest absolute Gasteiger partial charge is 0.241 e. The molecule has 0 aliphatic rings. The Kier molecular flexibility index (Phi) is 3.84. The van der Waals surface area contributed by atoms with Crippen LogP contribution in [-0.2, 0) is 10.0 Å². The van der Waals surface area contributed by atoms with Crippen LogP contribution in [0.15, 0.2) is 35.4 Å². The Hall–Kier alpha value is -1.90. The number of pyridine rings is 1. The highest BCUT2D eigenvalue weighted by Gasteiger charge is 2.17. The largest absolute Gasteiger partial charge is 0.256 e. The van der Waals surface area contributed by atoms with E-state index in [0.29, 0.717) is 17.3 Å². The third-order valence-electron chi connectivity index (χ3n) is 2.78. The molecule has 1 aromatic carbocycles. The number of aryl methyl sites for hydroxylation is 1. The molecule has 0 aliphatic carbocycles. The highest BCUT2D eigenvalue weighted by molar-refractivity contribution is 7.89. The van der Waals surface area contributed by atoms with Gasteiger partial charge in [0, 0.05) is 24.5 Å². The van der Waals surface area contributed by atoms with Gasteiger partial charge in [0.25, 0.3) is 0 Å². The molecule has 0 fully saturated rings. The molecule has 0 atom stereocenters. The SMILES string of the molecule is C#CCCNS(=O)(=O)c1ccc(C)c2ncccc12. The Morgan fingerprint density at radius 3 is 2.89 bits per heavy atom. The molecule has 2 rings (SSSR count). The standard InChI is InChI=1S/C14H14N2O2S/c1-3-4-10-16-19(17,18)13-8-7-11(2)14-12(13)6-5-9-15-14/h1,5-9,16H,4,10H2,2H3. The average molecular weight is 274 g/mol. The van der Waals surface area contributed by atoms with E-state index < -0.39 is 10.0 Å². The van der Waals surface area contributed by atoms with Crippen molar-refractivity contribution < 1.29 is 8.42 Å². The van der Waals surface area contributed by atoms with Crippen LogP contribution in [-0.4, -0.2) is 19.9 Å². The van der Waals surface area contributed by atoms with Gasteiger partial charge >= 0.3 is 0 Å². The van der Waals surface area contributed by atoms with Gasteiger partial charge < -0.3 is 0 Å². The lowest BCUT2D eigenvalue weighted by atomic mass is 10.1. The summed E-state index contributed by atoms with van der Waals surface area (Å²) in [6.07, 6.45) is 7.12. The minimum Gasteiger partial charge on any atom is -0.256 e. The second kappa shape index (κ2) is 5.39. The topological polar surface area (TPSA) is 59.1 Å². The molecule has 1 heterocycles. The van der Waals surface area contributed by atoms with Crippen LogP contribution in [0.5, 0.6) is 0 Å². The van der Waals surface area contributed by atoms with Crippen molar-refractivity contribution >= 4 is 20.9 Å². The molecule has 2 aromatic rings. The van der Waals surface area contributed by atoms with Gasteiger partial charge in [-0.1, -0.05) is 6.07 Å².